The van der Waals surface area contributed by atoms with E-state index in [1.165, 1.54) is 39.2 Å². The second-order valence-corrected chi connectivity index (χ2v) is 17.2. The summed E-state index contributed by atoms with van der Waals surface area (Å²) in [5, 5.41) is 2.96. The number of Topliss-reactive ketones (excluding diaryl/α,β-unsaturated/α-hetero) is 1. The van der Waals surface area contributed by atoms with Crippen LogP contribution in [0.1, 0.15) is 36.0 Å². The number of carbonyl (C=O) groups is 1. The quantitative estimate of drug-likeness (QED) is 0.177. The van der Waals surface area contributed by atoms with Crippen LogP contribution in [0.15, 0.2) is 77.8 Å². The van der Waals surface area contributed by atoms with E-state index in [-0.39, 0.29) is 5.95 Å². The van der Waals surface area contributed by atoms with E-state index in [0.717, 1.165) is 30.5 Å². The lowest BCUT2D eigenvalue weighted by Crippen LogP contribution is -2.48. The lowest BCUT2D eigenvalue weighted by atomic mass is 10.0. The minimum Gasteiger partial charge on any atom is -0.471 e. The molecule has 46 heavy (non-hydrogen) atoms. The summed E-state index contributed by atoms with van der Waals surface area (Å²) in [6.45, 7) is 6.09. The normalized spacial score (nSPS) is 14.8. The number of aromatic amines is 1. The second kappa shape index (κ2) is 12.9. The molecule has 0 saturated heterocycles. The van der Waals surface area contributed by atoms with Crippen molar-refractivity contribution in [2.24, 2.45) is 0 Å². The summed E-state index contributed by atoms with van der Waals surface area (Å²) < 4.78 is 8.06. The Morgan fingerprint density at radius 3 is 2.59 bits per heavy atom. The number of H-pyrrole nitrogens is 1. The van der Waals surface area contributed by atoms with Crippen LogP contribution in [0.25, 0.3) is 17.2 Å². The van der Waals surface area contributed by atoms with E-state index < -0.39 is 8.07 Å². The smallest absolute Gasteiger partial charge is 0.245 e. The van der Waals surface area contributed by atoms with E-state index in [1.807, 2.05) is 12.1 Å². The monoisotopic (exact) mass is 632 g/mol. The van der Waals surface area contributed by atoms with E-state index >= 15 is 0 Å². The number of nitrogens with one attached hydrogen (secondary N) is 1. The van der Waals surface area contributed by atoms with Gasteiger partial charge in [0, 0.05) is 44.3 Å². The highest BCUT2D eigenvalue weighted by molar-refractivity contribution is 6.97. The molecule has 0 amide bonds. The van der Waals surface area contributed by atoms with Crippen molar-refractivity contribution >= 4 is 53.6 Å². The molecule has 6 rings (SSSR count). The number of benzene rings is 2. The highest BCUT2D eigenvalue weighted by atomic mass is 28.3. The first-order valence-electron chi connectivity index (χ1n) is 15.8. The number of aryl methyl sites for hydroxylation is 1. The first-order valence-corrected chi connectivity index (χ1v) is 18.8. The fourth-order valence-corrected chi connectivity index (χ4v) is 9.25. The zero-order chi connectivity index (χ0) is 32.4. The maximum atomic E-state index is 12.8. The topological polar surface area (TPSA) is 113 Å². The summed E-state index contributed by atoms with van der Waals surface area (Å²) >= 11 is 0. The van der Waals surface area contributed by atoms with Crippen molar-refractivity contribution in [2.45, 2.75) is 45.4 Å². The Labute approximate surface area is 271 Å². The number of anilines is 2. The lowest BCUT2D eigenvalue weighted by Gasteiger charge is -2.35. The molecule has 2 aromatic heterocycles. The number of nitrogens with zero attached hydrogens (tertiary/aromatic N) is 5. The summed E-state index contributed by atoms with van der Waals surface area (Å²) in [5.74, 6) is 0.794. The average molecular weight is 633 g/mol. The van der Waals surface area contributed by atoms with Gasteiger partial charge >= 0.3 is 0 Å². The first-order chi connectivity index (χ1) is 22.1. The average Bonchev–Trinajstić information content (AvgIpc) is 3.51. The maximum absolute atomic E-state index is 12.8. The predicted molar refractivity (Wildman–Crippen MR) is 189 cm³/mol. The summed E-state index contributed by atoms with van der Waals surface area (Å²) in [6.07, 6.45) is 13.4. The van der Waals surface area contributed by atoms with E-state index in [9.17, 15) is 4.79 Å². The molecule has 0 bridgehead atoms. The Bertz CT molecular complexity index is 1910. The predicted octanol–water partition coefficient (Wildman–Crippen LogP) is 4.99. The number of nitrogens with two attached hydrogens (primary N) is 1. The lowest BCUT2D eigenvalue weighted by molar-refractivity contribution is -0.462. The molecule has 0 spiro atoms. The summed E-state index contributed by atoms with van der Waals surface area (Å²) in [5.41, 5.74) is 14.1. The Hall–Kier alpha value is -4.83. The molecule has 3 heterocycles. The van der Waals surface area contributed by atoms with E-state index in [0.29, 0.717) is 42.3 Å². The van der Waals surface area contributed by atoms with Gasteiger partial charge in [-0.1, -0.05) is 43.4 Å². The van der Waals surface area contributed by atoms with Gasteiger partial charge in [0.15, 0.2) is 11.4 Å². The van der Waals surface area contributed by atoms with Crippen LogP contribution in [0.3, 0.4) is 0 Å². The number of hydrogen-bond donors (Lipinski definition) is 2. The largest absolute Gasteiger partial charge is 0.471 e. The molecule has 0 atom stereocenters. The molecular formula is C36H42N7O2Si+. The van der Waals surface area contributed by atoms with Gasteiger partial charge in [0.2, 0.25) is 11.8 Å². The van der Waals surface area contributed by atoms with Crippen molar-refractivity contribution < 1.29 is 14.1 Å². The number of ether oxygens (including phenoxy) is 1. The molecule has 4 aromatic rings. The van der Waals surface area contributed by atoms with Crippen LogP contribution >= 0.6 is 0 Å². The van der Waals surface area contributed by atoms with Crippen LogP contribution in [0, 0.1) is 0 Å². The van der Waals surface area contributed by atoms with Crippen LogP contribution < -0.4 is 20.6 Å². The molecule has 1 aliphatic heterocycles. The van der Waals surface area contributed by atoms with Crippen LogP contribution in [0.4, 0.5) is 11.6 Å². The number of fused-ring (bicyclic) bond motifs is 3. The highest BCUT2D eigenvalue weighted by Gasteiger charge is 2.37. The molecule has 0 unspecified atom stereocenters. The molecule has 0 saturated carbocycles. The van der Waals surface area contributed by atoms with Crippen LogP contribution in [0.2, 0.25) is 13.1 Å². The molecule has 3 N–H and O–H groups in total. The van der Waals surface area contributed by atoms with Crippen molar-refractivity contribution in [1.82, 2.24) is 19.9 Å². The molecule has 1 aliphatic carbocycles. The van der Waals surface area contributed by atoms with Gasteiger partial charge < -0.3 is 20.4 Å². The number of carbonyl (C=O) groups excluding carboxylic acids is 1. The van der Waals surface area contributed by atoms with Gasteiger partial charge in [0.25, 0.3) is 0 Å². The molecule has 2 aliphatic rings. The Morgan fingerprint density at radius 1 is 1.02 bits per heavy atom. The van der Waals surface area contributed by atoms with E-state index in [2.05, 4.69) is 118 Å². The Balaban J connectivity index is 0.982. The number of hydrogen-bond acceptors (Lipinski definition) is 7. The summed E-state index contributed by atoms with van der Waals surface area (Å²) in [6, 6.07) is 15.0. The van der Waals surface area contributed by atoms with Crippen LogP contribution in [-0.2, 0) is 17.8 Å². The van der Waals surface area contributed by atoms with Crippen molar-refractivity contribution in [2.75, 3.05) is 38.3 Å². The molecular weight excluding hydrogens is 591 g/mol. The number of ketones is 1. The minimum absolute atomic E-state index is 0.120. The third-order valence-corrected chi connectivity index (χ3v) is 12.6. The summed E-state index contributed by atoms with van der Waals surface area (Å²) in [7, 11) is 4.46. The van der Waals surface area contributed by atoms with Gasteiger partial charge in [0.05, 0.1) is 6.33 Å². The van der Waals surface area contributed by atoms with Crippen LogP contribution in [-0.4, -0.2) is 71.8 Å². The van der Waals surface area contributed by atoms with E-state index in [4.69, 9.17) is 10.5 Å². The SMILES string of the molecule is CN(CCCC(=O)CCc1ccc(COc2nc(N)nc3nc[nH]c23)cc1)c1ccc2c(c1)[Si](C)(C)C1=CC(=[N+](C)C)C=CC1=C2. The number of allylic oxidation sites excluding steroid dienone is 5. The fraction of sp³-hybridized carbons (Fsp3) is 0.306. The zero-order valence-corrected chi connectivity index (χ0v) is 28.3. The second-order valence-electron chi connectivity index (χ2n) is 12.9. The zero-order valence-electron chi connectivity index (χ0n) is 27.3. The van der Waals surface area contributed by atoms with Gasteiger partial charge in [-0.15, -0.1) is 0 Å². The fourth-order valence-electron chi connectivity index (χ4n) is 6.18. The van der Waals surface area contributed by atoms with Crippen molar-refractivity contribution in [1.29, 1.82) is 0 Å². The molecule has 0 radical (unpaired) electrons. The highest BCUT2D eigenvalue weighted by Crippen LogP contribution is 2.34. The van der Waals surface area contributed by atoms with Crippen LogP contribution in [0.5, 0.6) is 5.88 Å². The molecule has 0 fully saturated rings. The number of imidazole rings is 1. The number of aromatic nitrogens is 4. The number of rotatable bonds is 11. The van der Waals surface area contributed by atoms with Crippen molar-refractivity contribution in [3.63, 3.8) is 0 Å². The number of nitrogen functional groups attached to an aromatic ring is 1. The van der Waals surface area contributed by atoms with Crippen molar-refractivity contribution in [3.8, 4) is 5.88 Å². The van der Waals surface area contributed by atoms with Gasteiger partial charge in [-0.2, -0.15) is 9.97 Å². The summed E-state index contributed by atoms with van der Waals surface area (Å²) in [4.78, 5) is 30.4. The Morgan fingerprint density at radius 2 is 1.80 bits per heavy atom. The van der Waals surface area contributed by atoms with Gasteiger partial charge in [-0.25, -0.2) is 9.56 Å². The molecule has 236 valence electrons. The molecule has 10 heteroatoms. The molecule has 2 aromatic carbocycles. The van der Waals surface area contributed by atoms with Gasteiger partial charge in [-0.3, -0.25) is 4.79 Å². The Kier molecular flexibility index (Phi) is 8.73. The molecule has 9 nitrogen and oxygen atoms in total. The van der Waals surface area contributed by atoms with E-state index in [1.54, 1.807) is 0 Å². The third kappa shape index (κ3) is 6.57. The standard InChI is InChI=1S/C36H42N7O2Si/c1-42(2)28-15-13-26-19-27-14-16-29(21-32(27)46(4,5)31(26)20-28)43(3)18-6-7-30(44)17-12-24-8-10-25(11-9-24)22-45-35-33-34(39-23-38-33)40-36(37)41-35/h8-11,13-16,19-21,23H,6-7,12,17-18,22H2,1-5H3,(H3,37,38,39,40,41)/q+1. The van der Waals surface area contributed by atoms with Crippen molar-refractivity contribution in [3.05, 3.63) is 94.5 Å². The first kappa shape index (κ1) is 31.2. The maximum Gasteiger partial charge on any atom is 0.245 e. The van der Waals surface area contributed by atoms with Gasteiger partial charge in [0.1, 0.15) is 40.1 Å². The minimum atomic E-state index is -1.87. The van der Waals surface area contributed by atoms with Gasteiger partial charge in [-0.05, 0) is 69.8 Å². The third-order valence-electron chi connectivity index (χ3n) is 9.00.